The summed E-state index contributed by atoms with van der Waals surface area (Å²) in [5.41, 5.74) is 1.23. The number of aromatic nitrogens is 1. The van der Waals surface area contributed by atoms with Crippen LogP contribution in [0.4, 0.5) is 0 Å². The molecule has 0 spiro atoms. The van der Waals surface area contributed by atoms with Crippen LogP contribution in [0.15, 0.2) is 41.1 Å². The minimum atomic E-state index is -0.0756. The highest BCUT2D eigenvalue weighted by atomic mass is 35.5. The smallest absolute Gasteiger partial charge is 0.292 e. The van der Waals surface area contributed by atoms with Crippen molar-refractivity contribution in [2.45, 2.75) is 25.2 Å². The topological polar surface area (TPSA) is 46.3 Å². The molecule has 0 radical (unpaired) electrons. The Kier molecular flexibility index (Phi) is 4.25. The van der Waals surface area contributed by atoms with Crippen LogP contribution in [-0.4, -0.2) is 29.1 Å². The number of carbonyl (C=O) groups excluding carboxylic acids is 1. The third-order valence-electron chi connectivity index (χ3n) is 3.95. The first-order valence-corrected chi connectivity index (χ1v) is 7.57. The van der Waals surface area contributed by atoms with Crippen molar-refractivity contribution in [1.29, 1.82) is 0 Å². The maximum absolute atomic E-state index is 12.4. The van der Waals surface area contributed by atoms with E-state index in [9.17, 15) is 4.79 Å². The summed E-state index contributed by atoms with van der Waals surface area (Å²) in [6.07, 6.45) is 4.72. The van der Waals surface area contributed by atoms with Gasteiger partial charge >= 0.3 is 0 Å². The highest BCUT2D eigenvalue weighted by Crippen LogP contribution is 2.28. The van der Waals surface area contributed by atoms with Crippen LogP contribution in [0.2, 0.25) is 5.02 Å². The van der Waals surface area contributed by atoms with E-state index in [2.05, 4.69) is 17.3 Å². The molecule has 1 aliphatic rings. The molecule has 1 aromatic heterocycles. The first-order valence-electron chi connectivity index (χ1n) is 7.19. The predicted octanol–water partition coefficient (Wildman–Crippen LogP) is 3.74. The molecule has 1 atom stereocenters. The molecule has 1 fully saturated rings. The number of halogens is 1. The van der Waals surface area contributed by atoms with Crippen molar-refractivity contribution in [3.8, 4) is 0 Å². The van der Waals surface area contributed by atoms with E-state index in [0.29, 0.717) is 18.2 Å². The van der Waals surface area contributed by atoms with E-state index in [0.717, 1.165) is 30.8 Å². The van der Waals surface area contributed by atoms with E-state index in [4.69, 9.17) is 16.1 Å². The number of hydrogen-bond acceptors (Lipinski definition) is 3. The van der Waals surface area contributed by atoms with Crippen LogP contribution in [0.5, 0.6) is 0 Å². The van der Waals surface area contributed by atoms with Crippen LogP contribution in [0.25, 0.3) is 0 Å². The molecule has 1 amide bonds. The van der Waals surface area contributed by atoms with Crippen LogP contribution in [0.1, 0.15) is 41.3 Å². The summed E-state index contributed by atoms with van der Waals surface area (Å²) in [6.45, 7) is 1.48. The van der Waals surface area contributed by atoms with Gasteiger partial charge in [-0.3, -0.25) is 4.79 Å². The van der Waals surface area contributed by atoms with Gasteiger partial charge in [-0.2, -0.15) is 0 Å². The molecule has 2 aromatic rings. The van der Waals surface area contributed by atoms with Gasteiger partial charge < -0.3 is 9.42 Å². The van der Waals surface area contributed by atoms with E-state index in [1.165, 1.54) is 11.8 Å². The summed E-state index contributed by atoms with van der Waals surface area (Å²) in [4.78, 5) is 14.3. The molecular formula is C16H17ClN2O2. The van der Waals surface area contributed by atoms with Gasteiger partial charge in [0.15, 0.2) is 0 Å². The fourth-order valence-electron chi connectivity index (χ4n) is 2.82. The fraction of sp³-hybridized carbons (Fsp3) is 0.375. The number of likely N-dealkylation sites (tertiary alicyclic amines) is 1. The highest BCUT2D eigenvalue weighted by molar-refractivity contribution is 6.30. The molecule has 110 valence electrons. The van der Waals surface area contributed by atoms with Gasteiger partial charge in [0.25, 0.3) is 5.91 Å². The SMILES string of the molecule is O=C(c1ccno1)N1CCCCC(c2ccc(Cl)cc2)C1. The summed E-state index contributed by atoms with van der Waals surface area (Å²) < 4.78 is 4.99. The van der Waals surface area contributed by atoms with Gasteiger partial charge in [0.2, 0.25) is 5.76 Å². The second-order valence-electron chi connectivity index (χ2n) is 5.37. The first-order chi connectivity index (χ1) is 10.2. The number of amides is 1. The second-order valence-corrected chi connectivity index (χ2v) is 5.81. The fourth-order valence-corrected chi connectivity index (χ4v) is 2.94. The van der Waals surface area contributed by atoms with Crippen LogP contribution in [0.3, 0.4) is 0 Å². The molecule has 0 saturated carbocycles. The Hall–Kier alpha value is -1.81. The third-order valence-corrected chi connectivity index (χ3v) is 4.20. The Morgan fingerprint density at radius 1 is 1.24 bits per heavy atom. The minimum Gasteiger partial charge on any atom is -0.351 e. The Morgan fingerprint density at radius 3 is 2.76 bits per heavy atom. The molecule has 1 aliphatic heterocycles. The van der Waals surface area contributed by atoms with Crippen LogP contribution < -0.4 is 0 Å². The van der Waals surface area contributed by atoms with Crippen molar-refractivity contribution in [2.75, 3.05) is 13.1 Å². The highest BCUT2D eigenvalue weighted by Gasteiger charge is 2.25. The van der Waals surface area contributed by atoms with Gasteiger partial charge in [0.1, 0.15) is 0 Å². The molecule has 4 nitrogen and oxygen atoms in total. The van der Waals surface area contributed by atoms with Crippen LogP contribution in [-0.2, 0) is 0 Å². The predicted molar refractivity (Wildman–Crippen MR) is 80.5 cm³/mol. The molecule has 0 N–H and O–H groups in total. The van der Waals surface area contributed by atoms with Crippen molar-refractivity contribution in [3.63, 3.8) is 0 Å². The summed E-state index contributed by atoms with van der Waals surface area (Å²) in [5.74, 6) is 0.580. The Balaban J connectivity index is 1.77. The van der Waals surface area contributed by atoms with Crippen LogP contribution >= 0.6 is 11.6 Å². The molecule has 21 heavy (non-hydrogen) atoms. The van der Waals surface area contributed by atoms with Gasteiger partial charge in [-0.25, -0.2) is 0 Å². The molecule has 1 saturated heterocycles. The number of carbonyl (C=O) groups is 1. The molecule has 0 aliphatic carbocycles. The number of hydrogen-bond donors (Lipinski definition) is 0. The Labute approximate surface area is 128 Å². The van der Waals surface area contributed by atoms with Crippen LogP contribution in [0, 0.1) is 0 Å². The quantitative estimate of drug-likeness (QED) is 0.849. The van der Waals surface area contributed by atoms with E-state index in [1.54, 1.807) is 6.07 Å². The number of rotatable bonds is 2. The van der Waals surface area contributed by atoms with E-state index >= 15 is 0 Å². The second kappa shape index (κ2) is 6.31. The largest absolute Gasteiger partial charge is 0.351 e. The zero-order chi connectivity index (χ0) is 14.7. The molecule has 5 heteroatoms. The van der Waals surface area contributed by atoms with E-state index < -0.39 is 0 Å². The van der Waals surface area contributed by atoms with Gasteiger partial charge in [-0.05, 0) is 30.5 Å². The Morgan fingerprint density at radius 2 is 2.05 bits per heavy atom. The Bertz CT molecular complexity index is 595. The summed E-state index contributed by atoms with van der Waals surface area (Å²) >= 11 is 5.95. The summed E-state index contributed by atoms with van der Waals surface area (Å²) in [5, 5.41) is 4.35. The van der Waals surface area contributed by atoms with Gasteiger partial charge in [0, 0.05) is 30.1 Å². The summed E-state index contributed by atoms with van der Waals surface area (Å²) in [7, 11) is 0. The molecular weight excluding hydrogens is 288 g/mol. The third kappa shape index (κ3) is 3.27. The number of benzene rings is 1. The van der Waals surface area contributed by atoms with E-state index in [1.807, 2.05) is 17.0 Å². The lowest BCUT2D eigenvalue weighted by atomic mass is 9.94. The van der Waals surface area contributed by atoms with Crippen molar-refractivity contribution >= 4 is 17.5 Å². The van der Waals surface area contributed by atoms with Crippen molar-refractivity contribution < 1.29 is 9.32 Å². The van der Waals surface area contributed by atoms with Gasteiger partial charge in [-0.1, -0.05) is 35.3 Å². The molecule has 1 aromatic carbocycles. The zero-order valence-corrected chi connectivity index (χ0v) is 12.4. The maximum Gasteiger partial charge on any atom is 0.292 e. The van der Waals surface area contributed by atoms with Crippen molar-refractivity contribution in [2.24, 2.45) is 0 Å². The van der Waals surface area contributed by atoms with Crippen molar-refractivity contribution in [1.82, 2.24) is 10.1 Å². The monoisotopic (exact) mass is 304 g/mol. The zero-order valence-electron chi connectivity index (χ0n) is 11.7. The average Bonchev–Trinajstić information content (AvgIpc) is 2.92. The standard InChI is InChI=1S/C16H17ClN2O2/c17-14-6-4-12(5-7-14)13-3-1-2-10-19(11-13)16(20)15-8-9-18-21-15/h4-9,13H,1-3,10-11H2. The lowest BCUT2D eigenvalue weighted by Gasteiger charge is -2.23. The van der Waals surface area contributed by atoms with Gasteiger partial charge in [0.05, 0.1) is 6.20 Å². The minimum absolute atomic E-state index is 0.0756. The molecule has 3 rings (SSSR count). The van der Waals surface area contributed by atoms with Gasteiger partial charge in [-0.15, -0.1) is 0 Å². The molecule has 2 heterocycles. The van der Waals surface area contributed by atoms with E-state index in [-0.39, 0.29) is 5.91 Å². The molecule has 1 unspecified atom stereocenters. The maximum atomic E-state index is 12.4. The average molecular weight is 305 g/mol. The first kappa shape index (κ1) is 14.1. The normalized spacial score (nSPS) is 19.3. The summed E-state index contributed by atoms with van der Waals surface area (Å²) in [6, 6.07) is 9.53. The number of nitrogens with zero attached hydrogens (tertiary/aromatic N) is 2. The van der Waals surface area contributed by atoms with Crippen molar-refractivity contribution in [3.05, 3.63) is 52.9 Å². The lowest BCUT2D eigenvalue weighted by molar-refractivity contribution is 0.0712. The lowest BCUT2D eigenvalue weighted by Crippen LogP contribution is -2.33. The molecule has 0 bridgehead atoms.